The Kier molecular flexibility index (Phi) is 5.78. The second-order valence-electron chi connectivity index (χ2n) is 7.06. The number of carbonyl (C=O) groups excluding carboxylic acids is 1. The average molecular weight is 353 g/mol. The summed E-state index contributed by atoms with van der Waals surface area (Å²) in [7, 11) is 3.71. The molecular formula is C21H27N3O2. The third-order valence-electron chi connectivity index (χ3n) is 4.96. The Morgan fingerprint density at radius 2 is 1.88 bits per heavy atom. The molecule has 0 saturated carbocycles. The number of urea groups is 1. The maximum Gasteiger partial charge on any atom is 0.319 e. The van der Waals surface area contributed by atoms with Crippen LogP contribution in [0.25, 0.3) is 0 Å². The van der Waals surface area contributed by atoms with Gasteiger partial charge in [-0.05, 0) is 41.7 Å². The molecule has 5 nitrogen and oxygen atoms in total. The van der Waals surface area contributed by atoms with Gasteiger partial charge in [0.1, 0.15) is 5.75 Å². The lowest BCUT2D eigenvalue weighted by Crippen LogP contribution is -2.48. The third-order valence-corrected chi connectivity index (χ3v) is 4.96. The molecule has 2 amide bonds. The van der Waals surface area contributed by atoms with Gasteiger partial charge in [-0.1, -0.05) is 36.4 Å². The number of hydrogen-bond acceptors (Lipinski definition) is 3. The number of benzene rings is 2. The van der Waals surface area contributed by atoms with Gasteiger partial charge in [0, 0.05) is 39.8 Å². The number of nitrogens with zero attached hydrogens (tertiary/aromatic N) is 2. The van der Waals surface area contributed by atoms with Gasteiger partial charge in [-0.2, -0.15) is 0 Å². The molecular weight excluding hydrogens is 326 g/mol. The lowest BCUT2D eigenvalue weighted by Gasteiger charge is -2.32. The first-order chi connectivity index (χ1) is 12.5. The predicted octanol–water partition coefficient (Wildman–Crippen LogP) is 2.63. The van der Waals surface area contributed by atoms with Crippen molar-refractivity contribution >= 4 is 6.03 Å². The second kappa shape index (κ2) is 8.23. The zero-order valence-corrected chi connectivity index (χ0v) is 15.5. The number of hydrogen-bond donors (Lipinski definition) is 2. The molecule has 0 bridgehead atoms. The molecule has 138 valence electrons. The summed E-state index contributed by atoms with van der Waals surface area (Å²) in [6.45, 7) is 2.09. The van der Waals surface area contributed by atoms with E-state index in [0.717, 1.165) is 24.9 Å². The number of amides is 2. The normalized spacial score (nSPS) is 16.0. The first kappa shape index (κ1) is 18.3. The third kappa shape index (κ3) is 4.55. The Labute approximate surface area is 155 Å². The number of rotatable bonds is 5. The van der Waals surface area contributed by atoms with Gasteiger partial charge in [0.25, 0.3) is 0 Å². The highest BCUT2D eigenvalue weighted by Crippen LogP contribution is 2.21. The fourth-order valence-electron chi connectivity index (χ4n) is 3.43. The lowest BCUT2D eigenvalue weighted by molar-refractivity contribution is 0.168. The number of fused-ring (bicyclic) bond motifs is 1. The van der Waals surface area contributed by atoms with Crippen LogP contribution in [0.2, 0.25) is 0 Å². The van der Waals surface area contributed by atoms with E-state index in [1.54, 1.807) is 15.9 Å². The van der Waals surface area contributed by atoms with Gasteiger partial charge in [-0.15, -0.1) is 0 Å². The second-order valence-corrected chi connectivity index (χ2v) is 7.06. The summed E-state index contributed by atoms with van der Waals surface area (Å²) in [5.74, 6) is 0.302. The Hall–Kier alpha value is -2.53. The molecule has 2 aromatic rings. The highest BCUT2D eigenvalue weighted by atomic mass is 16.3. The van der Waals surface area contributed by atoms with E-state index >= 15 is 0 Å². The molecule has 0 radical (unpaired) electrons. The van der Waals surface area contributed by atoms with Crippen molar-refractivity contribution in [1.82, 2.24) is 15.1 Å². The van der Waals surface area contributed by atoms with E-state index in [1.807, 2.05) is 44.4 Å². The first-order valence-electron chi connectivity index (χ1n) is 9.07. The van der Waals surface area contributed by atoms with Crippen molar-refractivity contribution in [1.29, 1.82) is 0 Å². The Balaban J connectivity index is 1.50. The van der Waals surface area contributed by atoms with Crippen molar-refractivity contribution < 1.29 is 9.90 Å². The van der Waals surface area contributed by atoms with Gasteiger partial charge in [0.15, 0.2) is 0 Å². The van der Waals surface area contributed by atoms with Crippen LogP contribution in [0.15, 0.2) is 48.5 Å². The summed E-state index contributed by atoms with van der Waals surface area (Å²) in [5.41, 5.74) is 3.61. The molecule has 2 aromatic carbocycles. The topological polar surface area (TPSA) is 55.8 Å². The van der Waals surface area contributed by atoms with E-state index in [2.05, 4.69) is 17.4 Å². The van der Waals surface area contributed by atoms with E-state index in [1.165, 1.54) is 11.1 Å². The Morgan fingerprint density at radius 1 is 1.12 bits per heavy atom. The Bertz CT molecular complexity index is 748. The SMILES string of the molecule is CN(CCc1ccccc1)C(=O)N(C)C[C@@H]1Cc2ccc(O)cc2CN1. The number of phenols is 1. The first-order valence-corrected chi connectivity index (χ1v) is 9.07. The molecule has 0 fully saturated rings. The fraction of sp³-hybridized carbons (Fsp3) is 0.381. The summed E-state index contributed by atoms with van der Waals surface area (Å²) in [6.07, 6.45) is 1.72. The average Bonchev–Trinajstić information content (AvgIpc) is 2.66. The van der Waals surface area contributed by atoms with Crippen molar-refractivity contribution in [2.75, 3.05) is 27.2 Å². The number of nitrogens with one attached hydrogen (secondary N) is 1. The van der Waals surface area contributed by atoms with Crippen molar-refractivity contribution in [3.05, 3.63) is 65.2 Å². The summed E-state index contributed by atoms with van der Waals surface area (Å²) in [5, 5.41) is 13.0. The molecule has 2 N–H and O–H groups in total. The fourth-order valence-corrected chi connectivity index (χ4v) is 3.43. The molecule has 26 heavy (non-hydrogen) atoms. The largest absolute Gasteiger partial charge is 0.508 e. The smallest absolute Gasteiger partial charge is 0.319 e. The van der Waals surface area contributed by atoms with Crippen LogP contribution < -0.4 is 5.32 Å². The molecule has 0 aliphatic carbocycles. The molecule has 1 aliphatic rings. The molecule has 0 spiro atoms. The highest BCUT2D eigenvalue weighted by Gasteiger charge is 2.22. The van der Waals surface area contributed by atoms with E-state index in [-0.39, 0.29) is 12.1 Å². The zero-order valence-electron chi connectivity index (χ0n) is 15.5. The summed E-state index contributed by atoms with van der Waals surface area (Å²) in [6, 6.07) is 16.0. The van der Waals surface area contributed by atoms with Crippen LogP contribution >= 0.6 is 0 Å². The van der Waals surface area contributed by atoms with Crippen LogP contribution in [0.4, 0.5) is 4.79 Å². The van der Waals surface area contributed by atoms with E-state index in [4.69, 9.17) is 0 Å². The van der Waals surface area contributed by atoms with Gasteiger partial charge in [-0.25, -0.2) is 4.79 Å². The molecule has 1 atom stereocenters. The number of carbonyl (C=O) groups is 1. The van der Waals surface area contributed by atoms with E-state index < -0.39 is 0 Å². The lowest BCUT2D eigenvalue weighted by atomic mass is 9.95. The van der Waals surface area contributed by atoms with Crippen LogP contribution in [0.1, 0.15) is 16.7 Å². The highest BCUT2D eigenvalue weighted by molar-refractivity contribution is 5.73. The minimum absolute atomic E-state index is 0.0410. The van der Waals surface area contributed by atoms with Crippen molar-refractivity contribution in [2.45, 2.75) is 25.4 Å². The van der Waals surface area contributed by atoms with Crippen molar-refractivity contribution in [3.63, 3.8) is 0 Å². The predicted molar refractivity (Wildman–Crippen MR) is 103 cm³/mol. The molecule has 5 heteroatoms. The van der Waals surface area contributed by atoms with Crippen LogP contribution in [0.5, 0.6) is 5.75 Å². The summed E-state index contributed by atoms with van der Waals surface area (Å²) >= 11 is 0. The zero-order chi connectivity index (χ0) is 18.5. The quantitative estimate of drug-likeness (QED) is 0.869. The van der Waals surface area contributed by atoms with Gasteiger partial charge in [0.2, 0.25) is 0 Å². The van der Waals surface area contributed by atoms with Crippen molar-refractivity contribution in [3.8, 4) is 5.75 Å². The van der Waals surface area contributed by atoms with Crippen LogP contribution in [0.3, 0.4) is 0 Å². The van der Waals surface area contributed by atoms with Gasteiger partial charge in [-0.3, -0.25) is 0 Å². The minimum Gasteiger partial charge on any atom is -0.508 e. The number of aromatic hydroxyl groups is 1. The summed E-state index contributed by atoms with van der Waals surface area (Å²) < 4.78 is 0. The van der Waals surface area contributed by atoms with Crippen molar-refractivity contribution in [2.24, 2.45) is 0 Å². The van der Waals surface area contributed by atoms with Gasteiger partial charge >= 0.3 is 6.03 Å². The van der Waals surface area contributed by atoms with Crippen LogP contribution in [-0.2, 0) is 19.4 Å². The van der Waals surface area contributed by atoms with Gasteiger partial charge in [0.05, 0.1) is 0 Å². The molecule has 0 saturated heterocycles. The Morgan fingerprint density at radius 3 is 2.65 bits per heavy atom. The number of phenolic OH excluding ortho intramolecular Hbond substituents is 1. The molecule has 0 aromatic heterocycles. The number of likely N-dealkylation sites (N-methyl/N-ethyl adjacent to an activating group) is 2. The van der Waals surface area contributed by atoms with Crippen LogP contribution in [-0.4, -0.2) is 54.2 Å². The summed E-state index contributed by atoms with van der Waals surface area (Å²) in [4.78, 5) is 16.2. The molecule has 1 heterocycles. The van der Waals surface area contributed by atoms with E-state index in [9.17, 15) is 9.90 Å². The van der Waals surface area contributed by atoms with E-state index in [0.29, 0.717) is 18.8 Å². The van der Waals surface area contributed by atoms with Gasteiger partial charge < -0.3 is 20.2 Å². The molecule has 3 rings (SSSR count). The standard InChI is InChI=1S/C21H27N3O2/c1-23(11-10-16-6-4-3-5-7-16)21(26)24(2)15-19-12-17-8-9-20(25)13-18(17)14-22-19/h3-9,13,19,22,25H,10-12,14-15H2,1-2H3/t19-/m0/s1. The molecule has 0 unspecified atom stereocenters. The minimum atomic E-state index is 0.0410. The maximum absolute atomic E-state index is 12.6. The molecule has 1 aliphatic heterocycles. The van der Waals surface area contributed by atoms with Crippen LogP contribution in [0, 0.1) is 0 Å². The maximum atomic E-state index is 12.6. The monoisotopic (exact) mass is 353 g/mol.